The molecule has 0 spiro atoms. The van der Waals surface area contributed by atoms with Gasteiger partial charge in [-0.1, -0.05) is 12.2 Å². The standard InChI is InChI=1S/C40H46F3N13O13S/c1-5-22(33(62)46-14-27(58)51-23(6-2)34(63)48-17(3)30(59)47-18(4)31(60)53-25(16-70)37(67)68)50-26(57)12-11-24(36(65)66)52-32(61)19-7-9-21(10-8-19)56(38(69)40(41,42)43)15-20-13-45-29-28(49-20)35(64)55-39(44)54-29/h5-10,13,17-18,22-25,70H,1-2,11-12,14-16H2,3-4H3,(H,46,62)(H,47,59)(H,48,63)(H,50,57)(H,51,58)(H,52,61)(H,53,60)(H,65,66)(H,67,68)(H3,44,45,54,55,64). The molecule has 6 atom stereocenters. The number of halogens is 3. The van der Waals surface area contributed by atoms with E-state index >= 15 is 0 Å². The summed E-state index contributed by atoms with van der Waals surface area (Å²) in [5.74, 6) is -12.3. The maximum Gasteiger partial charge on any atom is 0.471 e. The van der Waals surface area contributed by atoms with Gasteiger partial charge in [-0.05, 0) is 44.5 Å². The van der Waals surface area contributed by atoms with Crippen LogP contribution in [0.25, 0.3) is 11.2 Å². The van der Waals surface area contributed by atoms with Crippen molar-refractivity contribution >= 4 is 94.6 Å². The number of fused-ring (bicyclic) bond motifs is 1. The van der Waals surface area contributed by atoms with Crippen molar-refractivity contribution in [3.8, 4) is 0 Å². The lowest BCUT2D eigenvalue weighted by Crippen LogP contribution is -2.56. The summed E-state index contributed by atoms with van der Waals surface area (Å²) in [6.45, 7) is 7.78. The Balaban J connectivity index is 1.53. The molecule has 30 heteroatoms. The van der Waals surface area contributed by atoms with Gasteiger partial charge in [0.05, 0.1) is 25.0 Å². The quantitative estimate of drug-likeness (QED) is 0.0321. The first-order valence-electron chi connectivity index (χ1n) is 20.2. The van der Waals surface area contributed by atoms with Crippen LogP contribution < -0.4 is 53.4 Å². The third kappa shape index (κ3) is 16.1. The molecule has 0 aliphatic heterocycles. The van der Waals surface area contributed by atoms with E-state index in [2.05, 4.69) is 82.9 Å². The van der Waals surface area contributed by atoms with E-state index in [0.717, 1.165) is 42.6 Å². The van der Waals surface area contributed by atoms with Crippen molar-refractivity contribution in [1.29, 1.82) is 0 Å². The minimum Gasteiger partial charge on any atom is -0.480 e. The van der Waals surface area contributed by atoms with Crippen LogP contribution >= 0.6 is 12.6 Å². The number of rotatable bonds is 24. The van der Waals surface area contributed by atoms with E-state index in [0.29, 0.717) is 0 Å². The van der Waals surface area contributed by atoms with Crippen molar-refractivity contribution in [2.24, 2.45) is 0 Å². The SMILES string of the molecule is C=CC(NC(=O)CCC(NC(=O)c1ccc(N(Cc2cnc3nc(N)[nH]c(=O)c3n2)C(=O)C(F)(F)F)cc1)C(=O)O)C(=O)NCC(=O)NC(C=C)C(=O)NC(C)C(=O)NC(C)C(=O)NC(CS)C(=O)O. The van der Waals surface area contributed by atoms with E-state index in [-0.39, 0.29) is 39.0 Å². The molecular formula is C40H46F3N13O13S. The number of nitrogens with one attached hydrogen (secondary N) is 8. The molecule has 0 saturated carbocycles. The fraction of sp³-hybridized carbons (Fsp3) is 0.350. The molecule has 3 aromatic rings. The minimum absolute atomic E-state index is 0.216. The Morgan fingerprint density at radius 2 is 1.36 bits per heavy atom. The zero-order valence-corrected chi connectivity index (χ0v) is 37.7. The highest BCUT2D eigenvalue weighted by molar-refractivity contribution is 7.80. The summed E-state index contributed by atoms with van der Waals surface area (Å²) in [6.07, 6.45) is -3.59. The number of aliphatic carboxylic acids is 2. The van der Waals surface area contributed by atoms with Gasteiger partial charge in [-0.3, -0.25) is 53.0 Å². The third-order valence-corrected chi connectivity index (χ3v) is 9.76. The molecule has 70 heavy (non-hydrogen) atoms. The zero-order valence-electron chi connectivity index (χ0n) is 36.8. The molecule has 1 aromatic carbocycles. The fourth-order valence-corrected chi connectivity index (χ4v) is 5.92. The van der Waals surface area contributed by atoms with Gasteiger partial charge in [0, 0.05) is 23.4 Å². The normalized spacial score (nSPS) is 13.6. The van der Waals surface area contributed by atoms with Crippen molar-refractivity contribution in [3.63, 3.8) is 0 Å². The molecule has 0 saturated heterocycles. The Hall–Kier alpha value is -8.44. The van der Waals surface area contributed by atoms with Crippen molar-refractivity contribution in [3.05, 3.63) is 77.4 Å². The number of hydrogen-bond donors (Lipinski definition) is 12. The lowest BCUT2D eigenvalue weighted by Gasteiger charge is -2.24. The number of anilines is 2. The number of amides is 8. The Bertz CT molecular complexity index is 2600. The van der Waals surface area contributed by atoms with Crippen molar-refractivity contribution in [2.45, 2.75) is 75.7 Å². The second kappa shape index (κ2) is 25.1. The number of H-pyrrole nitrogens is 1. The Morgan fingerprint density at radius 3 is 1.91 bits per heavy atom. The molecule has 26 nitrogen and oxygen atoms in total. The van der Waals surface area contributed by atoms with Gasteiger partial charge >= 0.3 is 24.0 Å². The molecule has 12 N–H and O–H groups in total. The van der Waals surface area contributed by atoms with Crippen molar-refractivity contribution in [2.75, 3.05) is 22.9 Å². The fourth-order valence-electron chi connectivity index (χ4n) is 5.67. The highest BCUT2D eigenvalue weighted by Crippen LogP contribution is 2.26. The summed E-state index contributed by atoms with van der Waals surface area (Å²) in [5, 5.41) is 34.4. The molecule has 0 aliphatic carbocycles. The van der Waals surface area contributed by atoms with Crippen LogP contribution in [-0.4, -0.2) is 144 Å². The first-order valence-corrected chi connectivity index (χ1v) is 20.8. The minimum atomic E-state index is -5.39. The van der Waals surface area contributed by atoms with Crippen LogP contribution in [0.1, 0.15) is 42.7 Å². The molecule has 2 heterocycles. The molecule has 8 amide bonds. The van der Waals surface area contributed by atoms with Crippen LogP contribution in [0, 0.1) is 0 Å². The Labute approximate surface area is 398 Å². The summed E-state index contributed by atoms with van der Waals surface area (Å²) < 4.78 is 41.0. The average Bonchev–Trinajstić information content (AvgIpc) is 3.30. The maximum absolute atomic E-state index is 13.7. The predicted octanol–water partition coefficient (Wildman–Crippen LogP) is -2.68. The summed E-state index contributed by atoms with van der Waals surface area (Å²) in [4.78, 5) is 151. The molecule has 2 aromatic heterocycles. The number of thiol groups is 1. The number of benzene rings is 1. The monoisotopic (exact) mass is 1010 g/mol. The van der Waals surface area contributed by atoms with Crippen molar-refractivity contribution in [1.82, 2.24) is 57.2 Å². The molecule has 0 fully saturated rings. The number of aromatic nitrogens is 4. The number of aromatic amines is 1. The van der Waals surface area contributed by atoms with Crippen LogP contribution in [0.4, 0.5) is 24.8 Å². The number of alkyl halides is 3. The number of hydrogen-bond acceptors (Lipinski definition) is 16. The number of nitrogen functional groups attached to an aromatic ring is 1. The summed E-state index contributed by atoms with van der Waals surface area (Å²) >= 11 is 3.83. The number of carbonyl (C=O) groups is 10. The number of carboxylic acids is 2. The predicted molar refractivity (Wildman–Crippen MR) is 240 cm³/mol. The smallest absolute Gasteiger partial charge is 0.471 e. The van der Waals surface area contributed by atoms with Gasteiger partial charge in [-0.15, -0.1) is 13.2 Å². The van der Waals surface area contributed by atoms with Gasteiger partial charge in [-0.25, -0.2) is 19.6 Å². The van der Waals surface area contributed by atoms with Crippen LogP contribution in [-0.2, 0) is 49.7 Å². The van der Waals surface area contributed by atoms with Gasteiger partial charge < -0.3 is 53.2 Å². The molecule has 6 unspecified atom stereocenters. The number of nitrogens with zero attached hydrogens (tertiary/aromatic N) is 4. The second-order valence-electron chi connectivity index (χ2n) is 14.6. The second-order valence-corrected chi connectivity index (χ2v) is 15.0. The summed E-state index contributed by atoms with van der Waals surface area (Å²) in [6, 6.07) is -4.59. The largest absolute Gasteiger partial charge is 0.480 e. The van der Waals surface area contributed by atoms with Crippen LogP contribution in [0.15, 0.2) is 60.6 Å². The van der Waals surface area contributed by atoms with E-state index in [1.165, 1.54) is 13.8 Å². The molecule has 376 valence electrons. The highest BCUT2D eigenvalue weighted by Gasteiger charge is 2.43. The number of nitrogens with two attached hydrogens (primary N) is 1. The van der Waals surface area contributed by atoms with Gasteiger partial charge in [-0.2, -0.15) is 30.8 Å². The van der Waals surface area contributed by atoms with E-state index in [1.54, 1.807) is 0 Å². The Kier molecular flexibility index (Phi) is 20.0. The van der Waals surface area contributed by atoms with Gasteiger partial charge in [0.25, 0.3) is 11.5 Å². The van der Waals surface area contributed by atoms with E-state index < -0.39 is 139 Å². The lowest BCUT2D eigenvalue weighted by molar-refractivity contribution is -0.170. The molecule has 0 aliphatic rings. The molecule has 0 bridgehead atoms. The van der Waals surface area contributed by atoms with Gasteiger partial charge in [0.2, 0.25) is 41.4 Å². The van der Waals surface area contributed by atoms with Crippen LogP contribution in [0.3, 0.4) is 0 Å². The lowest BCUT2D eigenvalue weighted by atomic mass is 10.1. The maximum atomic E-state index is 13.7. The van der Waals surface area contributed by atoms with Crippen LogP contribution in [0.2, 0.25) is 0 Å². The van der Waals surface area contributed by atoms with Gasteiger partial charge in [0.1, 0.15) is 36.3 Å². The first kappa shape index (κ1) is 55.9. The summed E-state index contributed by atoms with van der Waals surface area (Å²) in [5.41, 5.74) is 3.10. The average molecular weight is 1010 g/mol. The zero-order chi connectivity index (χ0) is 52.6. The molecule has 0 radical (unpaired) electrons. The van der Waals surface area contributed by atoms with Crippen LogP contribution in [0.5, 0.6) is 0 Å². The topological polar surface area (TPSA) is 396 Å². The molecule has 3 rings (SSSR count). The first-order chi connectivity index (χ1) is 32.8. The molecular weight excluding hydrogens is 960 g/mol. The van der Waals surface area contributed by atoms with E-state index in [4.69, 9.17) is 10.8 Å². The number of carbonyl (C=O) groups excluding carboxylic acids is 8. The van der Waals surface area contributed by atoms with Crippen molar-refractivity contribution < 1.29 is 71.3 Å². The highest BCUT2D eigenvalue weighted by atomic mass is 32.1. The number of carboxylic acid groups (broad SMARTS) is 2. The van der Waals surface area contributed by atoms with Gasteiger partial charge in [0.15, 0.2) is 11.2 Å². The van der Waals surface area contributed by atoms with E-state index in [1.807, 2.05) is 0 Å². The third-order valence-electron chi connectivity index (χ3n) is 9.39. The summed E-state index contributed by atoms with van der Waals surface area (Å²) in [7, 11) is 0. The Morgan fingerprint density at radius 1 is 0.800 bits per heavy atom. The van der Waals surface area contributed by atoms with E-state index in [9.17, 15) is 71.0 Å².